The van der Waals surface area contributed by atoms with Crippen LogP contribution in [0, 0.1) is 5.82 Å². The van der Waals surface area contributed by atoms with E-state index in [0.29, 0.717) is 35.6 Å². The average molecular weight is 451 g/mol. The summed E-state index contributed by atoms with van der Waals surface area (Å²) in [6, 6.07) is 7.46. The summed E-state index contributed by atoms with van der Waals surface area (Å²) in [5, 5.41) is 11.9. The molecule has 1 N–H and O–H groups in total. The lowest BCUT2D eigenvalue weighted by Crippen LogP contribution is -2.24. The van der Waals surface area contributed by atoms with Crippen molar-refractivity contribution in [2.45, 2.75) is 31.3 Å². The molecule has 0 bridgehead atoms. The molecule has 1 atom stereocenters. The van der Waals surface area contributed by atoms with Crippen LogP contribution in [0.25, 0.3) is 0 Å². The monoisotopic (exact) mass is 450 g/mol. The Morgan fingerprint density at radius 1 is 1.47 bits per heavy atom. The first-order valence-corrected chi connectivity index (χ1v) is 10.4. The van der Waals surface area contributed by atoms with Crippen LogP contribution in [0.1, 0.15) is 24.6 Å². The van der Waals surface area contributed by atoms with E-state index in [2.05, 4.69) is 22.1 Å². The molecular weight excluding hydrogens is 431 g/mol. The van der Waals surface area contributed by atoms with Crippen molar-refractivity contribution in [1.82, 2.24) is 20.1 Å². The highest BCUT2D eigenvalue weighted by atomic mass is 35.5. The van der Waals surface area contributed by atoms with Gasteiger partial charge in [0.05, 0.1) is 23.6 Å². The highest BCUT2D eigenvalue weighted by Gasteiger charge is 2.20. The number of carbonyl (C=O) groups excluding carboxylic acids is 1. The van der Waals surface area contributed by atoms with E-state index in [-0.39, 0.29) is 16.7 Å². The number of nitrogens with one attached hydrogen (secondary N) is 1. The van der Waals surface area contributed by atoms with Gasteiger partial charge in [-0.05, 0) is 37.3 Å². The van der Waals surface area contributed by atoms with Gasteiger partial charge in [-0.2, -0.15) is 0 Å². The molecule has 158 valence electrons. The zero-order valence-corrected chi connectivity index (χ0v) is 17.8. The minimum absolute atomic E-state index is 0.159. The summed E-state index contributed by atoms with van der Waals surface area (Å²) < 4.78 is 26.1. The fraction of sp³-hybridized carbons (Fsp3) is 0.250. The van der Waals surface area contributed by atoms with Crippen LogP contribution in [0.15, 0.2) is 58.8 Å². The Morgan fingerprint density at radius 2 is 2.30 bits per heavy atom. The topological polar surface area (TPSA) is 82.2 Å². The molecule has 0 aliphatic heterocycles. The molecule has 1 amide bonds. The second-order valence-electron chi connectivity index (χ2n) is 6.22. The fourth-order valence-electron chi connectivity index (χ4n) is 2.60. The molecule has 1 unspecified atom stereocenters. The number of furan rings is 1. The summed E-state index contributed by atoms with van der Waals surface area (Å²) >= 11 is 7.29. The number of allylic oxidation sites excluding steroid dienone is 1. The number of amides is 1. The van der Waals surface area contributed by atoms with E-state index in [0.717, 1.165) is 0 Å². The number of hydrogen-bond acceptors (Lipinski definition) is 6. The molecule has 1 aromatic carbocycles. The number of nitrogens with zero attached hydrogens (tertiary/aromatic N) is 3. The summed E-state index contributed by atoms with van der Waals surface area (Å²) in [4.78, 5) is 12.1. The van der Waals surface area contributed by atoms with E-state index >= 15 is 0 Å². The van der Waals surface area contributed by atoms with Crippen molar-refractivity contribution in [2.75, 3.05) is 5.75 Å². The lowest BCUT2D eigenvalue weighted by atomic mass is 10.3. The SMILES string of the molecule is C=CCn1c(SCC(=O)NCc2ccco2)nnc1C(C)Oc1ccc(F)cc1Cl. The first-order valence-electron chi connectivity index (χ1n) is 9.05. The van der Waals surface area contributed by atoms with Crippen LogP contribution in [-0.4, -0.2) is 26.4 Å². The third-order valence-electron chi connectivity index (χ3n) is 3.99. The summed E-state index contributed by atoms with van der Waals surface area (Å²) in [6.45, 7) is 6.30. The van der Waals surface area contributed by atoms with Gasteiger partial charge < -0.3 is 14.5 Å². The third-order valence-corrected chi connectivity index (χ3v) is 5.25. The van der Waals surface area contributed by atoms with E-state index in [1.165, 1.54) is 30.0 Å². The number of aromatic nitrogens is 3. The fourth-order valence-corrected chi connectivity index (χ4v) is 3.60. The molecule has 3 rings (SSSR count). The number of hydrogen-bond donors (Lipinski definition) is 1. The largest absolute Gasteiger partial charge is 0.481 e. The maximum atomic E-state index is 13.2. The van der Waals surface area contributed by atoms with Crippen LogP contribution in [-0.2, 0) is 17.9 Å². The van der Waals surface area contributed by atoms with Crippen LogP contribution < -0.4 is 10.1 Å². The van der Waals surface area contributed by atoms with Crippen LogP contribution in [0.4, 0.5) is 4.39 Å². The minimum Gasteiger partial charge on any atom is -0.481 e. The molecule has 2 aromatic heterocycles. The standard InChI is InChI=1S/C20H20ClFN4O3S/c1-3-8-26-19(13(2)29-17-7-6-14(22)10-16(17)21)24-25-20(26)30-12-18(27)23-11-15-5-4-9-28-15/h3-7,9-10,13H,1,8,11-12H2,2H3,(H,23,27). The molecule has 3 aromatic rings. The van der Waals surface area contributed by atoms with Gasteiger partial charge in [-0.3, -0.25) is 9.36 Å². The molecule has 7 nitrogen and oxygen atoms in total. The van der Waals surface area contributed by atoms with Gasteiger partial charge in [-0.1, -0.05) is 29.4 Å². The van der Waals surface area contributed by atoms with Crippen molar-refractivity contribution in [3.63, 3.8) is 0 Å². The summed E-state index contributed by atoms with van der Waals surface area (Å²) in [5.41, 5.74) is 0. The average Bonchev–Trinajstić information content (AvgIpc) is 3.37. The minimum atomic E-state index is -0.512. The van der Waals surface area contributed by atoms with Gasteiger partial charge in [-0.15, -0.1) is 16.8 Å². The second kappa shape index (κ2) is 10.3. The van der Waals surface area contributed by atoms with Crippen molar-refractivity contribution in [1.29, 1.82) is 0 Å². The lowest BCUT2D eigenvalue weighted by molar-refractivity contribution is -0.118. The van der Waals surface area contributed by atoms with Gasteiger partial charge in [0.1, 0.15) is 17.3 Å². The number of ether oxygens (including phenoxy) is 1. The molecule has 0 radical (unpaired) electrons. The van der Waals surface area contributed by atoms with Gasteiger partial charge in [0.15, 0.2) is 17.1 Å². The molecule has 0 saturated carbocycles. The van der Waals surface area contributed by atoms with Crippen LogP contribution in [0.5, 0.6) is 5.75 Å². The highest BCUT2D eigenvalue weighted by Crippen LogP contribution is 2.30. The first-order chi connectivity index (χ1) is 14.5. The number of benzene rings is 1. The highest BCUT2D eigenvalue weighted by molar-refractivity contribution is 7.99. The Balaban J connectivity index is 1.64. The van der Waals surface area contributed by atoms with Crippen LogP contribution in [0.3, 0.4) is 0 Å². The van der Waals surface area contributed by atoms with E-state index < -0.39 is 11.9 Å². The first kappa shape index (κ1) is 21.9. The summed E-state index contributed by atoms with van der Waals surface area (Å²) in [7, 11) is 0. The summed E-state index contributed by atoms with van der Waals surface area (Å²) in [6.07, 6.45) is 2.74. The van der Waals surface area contributed by atoms with E-state index in [1.807, 2.05) is 0 Å². The quantitative estimate of drug-likeness (QED) is 0.364. The zero-order valence-electron chi connectivity index (χ0n) is 16.2. The number of rotatable bonds is 10. The number of carbonyl (C=O) groups is 1. The Bertz CT molecular complexity index is 1010. The third kappa shape index (κ3) is 5.64. The van der Waals surface area contributed by atoms with Gasteiger partial charge in [-0.25, -0.2) is 4.39 Å². The van der Waals surface area contributed by atoms with E-state index in [4.69, 9.17) is 20.8 Å². The predicted molar refractivity (Wildman–Crippen MR) is 112 cm³/mol. The molecule has 0 aliphatic carbocycles. The molecule has 0 saturated heterocycles. The molecule has 0 fully saturated rings. The normalized spacial score (nSPS) is 11.8. The van der Waals surface area contributed by atoms with Crippen LogP contribution in [0.2, 0.25) is 5.02 Å². The van der Waals surface area contributed by atoms with Gasteiger partial charge in [0, 0.05) is 6.54 Å². The smallest absolute Gasteiger partial charge is 0.230 e. The van der Waals surface area contributed by atoms with Gasteiger partial charge in [0.2, 0.25) is 5.91 Å². The Hall–Kier alpha value is -2.78. The molecular formula is C20H20ClFN4O3S. The second-order valence-corrected chi connectivity index (χ2v) is 7.57. The van der Waals surface area contributed by atoms with Crippen molar-refractivity contribution in [3.05, 3.63) is 71.7 Å². The molecule has 10 heteroatoms. The van der Waals surface area contributed by atoms with E-state index in [9.17, 15) is 9.18 Å². The number of thioether (sulfide) groups is 1. The van der Waals surface area contributed by atoms with Gasteiger partial charge in [0.25, 0.3) is 0 Å². The molecule has 0 spiro atoms. The Labute approximate surface area is 182 Å². The lowest BCUT2D eigenvalue weighted by Gasteiger charge is -2.16. The molecule has 30 heavy (non-hydrogen) atoms. The van der Waals surface area contributed by atoms with Crippen molar-refractivity contribution >= 4 is 29.3 Å². The number of halogens is 2. The van der Waals surface area contributed by atoms with Gasteiger partial charge >= 0.3 is 0 Å². The van der Waals surface area contributed by atoms with Crippen molar-refractivity contribution in [2.24, 2.45) is 0 Å². The van der Waals surface area contributed by atoms with E-state index in [1.54, 1.807) is 36.0 Å². The maximum Gasteiger partial charge on any atom is 0.230 e. The molecule has 0 aliphatic rings. The van der Waals surface area contributed by atoms with Crippen molar-refractivity contribution in [3.8, 4) is 5.75 Å². The zero-order chi connectivity index (χ0) is 21.5. The summed E-state index contributed by atoms with van der Waals surface area (Å²) in [5.74, 6) is 1.11. The van der Waals surface area contributed by atoms with Crippen molar-refractivity contribution < 1.29 is 18.3 Å². The van der Waals surface area contributed by atoms with Crippen LogP contribution >= 0.6 is 23.4 Å². The molecule has 2 heterocycles. The maximum absolute atomic E-state index is 13.2. The Morgan fingerprint density at radius 3 is 3.00 bits per heavy atom. The predicted octanol–water partition coefficient (Wildman–Crippen LogP) is 4.40. The Kier molecular flexibility index (Phi) is 7.53.